The van der Waals surface area contributed by atoms with Gasteiger partial charge in [0, 0.05) is 17.1 Å². The van der Waals surface area contributed by atoms with Crippen molar-refractivity contribution in [3.8, 4) is 0 Å². The Morgan fingerprint density at radius 2 is 1.91 bits per heavy atom. The molecule has 0 spiro atoms. The Labute approximate surface area is 207 Å². The number of hydrogen-bond donors (Lipinski definition) is 1. The molecule has 34 heavy (non-hydrogen) atoms. The molecule has 0 radical (unpaired) electrons. The molecule has 0 bridgehead atoms. The normalized spacial score (nSPS) is 12.0. The fraction of sp³-hybridized carbons (Fsp3) is 0.222. The van der Waals surface area contributed by atoms with Crippen LogP contribution >= 0.6 is 23.1 Å². The van der Waals surface area contributed by atoms with E-state index in [1.165, 1.54) is 23.1 Å². The van der Waals surface area contributed by atoms with Crippen LogP contribution < -0.4 is 10.9 Å². The number of anilines is 1. The zero-order valence-corrected chi connectivity index (χ0v) is 21.3. The van der Waals surface area contributed by atoms with Crippen molar-refractivity contribution in [3.63, 3.8) is 0 Å². The van der Waals surface area contributed by atoms with Crippen LogP contribution in [0.1, 0.15) is 32.4 Å². The van der Waals surface area contributed by atoms with Gasteiger partial charge < -0.3 is 5.32 Å². The largest absolute Gasteiger partial charge is 0.325 e. The lowest BCUT2D eigenvalue weighted by Gasteiger charge is -2.19. The summed E-state index contributed by atoms with van der Waals surface area (Å²) in [7, 11) is 0. The predicted octanol–water partition coefficient (Wildman–Crippen LogP) is 6.35. The molecule has 2 aromatic heterocycles. The summed E-state index contributed by atoms with van der Waals surface area (Å²) in [5, 5.41) is 3.65. The molecular weight excluding hydrogens is 462 g/mol. The van der Waals surface area contributed by atoms with Crippen molar-refractivity contribution in [2.24, 2.45) is 0 Å². The lowest BCUT2D eigenvalue weighted by molar-refractivity contribution is -0.115. The van der Waals surface area contributed by atoms with Crippen molar-refractivity contribution in [2.75, 3.05) is 5.32 Å². The standard InChI is InChI=1S/C27H27N3O2S2/c1-6-14-30-26(32)22-18(4)19(5)33-25(22)29-27(30)34-23(20-10-8-7-9-11-20)24(31)28-21-15-16(2)12-13-17(21)3/h6-13,15,23H,1,14H2,2-5H3,(H,28,31)/t23-/m1/s1. The highest BCUT2D eigenvalue weighted by atomic mass is 32.2. The molecule has 1 atom stereocenters. The van der Waals surface area contributed by atoms with E-state index in [1.54, 1.807) is 10.6 Å². The van der Waals surface area contributed by atoms with Crippen LogP contribution in [0.5, 0.6) is 0 Å². The van der Waals surface area contributed by atoms with Crippen LogP contribution in [0.15, 0.2) is 71.1 Å². The summed E-state index contributed by atoms with van der Waals surface area (Å²) in [6, 6.07) is 15.6. The lowest BCUT2D eigenvalue weighted by atomic mass is 10.1. The molecule has 4 aromatic rings. The van der Waals surface area contributed by atoms with Crippen LogP contribution in [-0.4, -0.2) is 15.5 Å². The van der Waals surface area contributed by atoms with Crippen molar-refractivity contribution in [1.82, 2.24) is 9.55 Å². The van der Waals surface area contributed by atoms with Crippen molar-refractivity contribution in [2.45, 2.75) is 44.6 Å². The Kier molecular flexibility index (Phi) is 7.05. The third-order valence-electron chi connectivity index (χ3n) is 5.78. The summed E-state index contributed by atoms with van der Waals surface area (Å²) < 4.78 is 1.61. The quantitative estimate of drug-likeness (QED) is 0.187. The van der Waals surface area contributed by atoms with Crippen LogP contribution in [0.3, 0.4) is 0 Å². The van der Waals surface area contributed by atoms with E-state index in [4.69, 9.17) is 4.98 Å². The molecule has 4 rings (SSSR count). The fourth-order valence-corrected chi connectivity index (χ4v) is 5.94. The minimum Gasteiger partial charge on any atom is -0.325 e. The highest BCUT2D eigenvalue weighted by Gasteiger charge is 2.26. The van der Waals surface area contributed by atoms with E-state index >= 15 is 0 Å². The van der Waals surface area contributed by atoms with E-state index < -0.39 is 5.25 Å². The van der Waals surface area contributed by atoms with Gasteiger partial charge in [-0.25, -0.2) is 4.98 Å². The van der Waals surface area contributed by atoms with E-state index in [-0.39, 0.29) is 11.5 Å². The summed E-state index contributed by atoms with van der Waals surface area (Å²) >= 11 is 2.80. The zero-order valence-electron chi connectivity index (χ0n) is 19.7. The first-order valence-corrected chi connectivity index (χ1v) is 12.7. The number of rotatable bonds is 7. The van der Waals surface area contributed by atoms with Crippen LogP contribution in [0.2, 0.25) is 0 Å². The number of benzene rings is 2. The summed E-state index contributed by atoms with van der Waals surface area (Å²) in [5.41, 5.74) is 4.54. The molecule has 5 nitrogen and oxygen atoms in total. The molecule has 2 aromatic carbocycles. The van der Waals surface area contributed by atoms with Crippen molar-refractivity contribution >= 4 is 44.9 Å². The minimum absolute atomic E-state index is 0.101. The third kappa shape index (κ3) is 4.72. The minimum atomic E-state index is -0.594. The number of amides is 1. The highest BCUT2D eigenvalue weighted by molar-refractivity contribution is 8.00. The van der Waals surface area contributed by atoms with E-state index in [0.717, 1.165) is 32.8 Å². The number of allylic oxidation sites excluding steroid dienone is 1. The van der Waals surface area contributed by atoms with Gasteiger partial charge in [0.15, 0.2) is 5.16 Å². The van der Waals surface area contributed by atoms with Crippen LogP contribution in [-0.2, 0) is 11.3 Å². The maximum Gasteiger partial charge on any atom is 0.263 e. The van der Waals surface area contributed by atoms with Gasteiger partial charge in [-0.05, 0) is 56.0 Å². The van der Waals surface area contributed by atoms with Gasteiger partial charge in [-0.15, -0.1) is 17.9 Å². The lowest BCUT2D eigenvalue weighted by Crippen LogP contribution is -2.25. The van der Waals surface area contributed by atoms with Gasteiger partial charge in [0.2, 0.25) is 5.91 Å². The molecule has 0 saturated heterocycles. The van der Waals surface area contributed by atoms with Gasteiger partial charge in [0.25, 0.3) is 5.56 Å². The zero-order chi connectivity index (χ0) is 24.4. The van der Waals surface area contributed by atoms with Gasteiger partial charge in [0.05, 0.1) is 5.39 Å². The van der Waals surface area contributed by atoms with Gasteiger partial charge >= 0.3 is 0 Å². The predicted molar refractivity (Wildman–Crippen MR) is 143 cm³/mol. The Hall–Kier alpha value is -3.16. The van der Waals surface area contributed by atoms with Gasteiger partial charge in [-0.3, -0.25) is 14.2 Å². The summed E-state index contributed by atoms with van der Waals surface area (Å²) in [6.45, 7) is 12.1. The number of aryl methyl sites for hydroxylation is 4. The average Bonchev–Trinajstić information content (AvgIpc) is 3.10. The Balaban J connectivity index is 1.80. The first kappa shape index (κ1) is 24.0. The number of nitrogens with zero attached hydrogens (tertiary/aromatic N) is 2. The van der Waals surface area contributed by atoms with Gasteiger partial charge in [-0.2, -0.15) is 0 Å². The second-order valence-electron chi connectivity index (χ2n) is 8.28. The molecule has 174 valence electrons. The topological polar surface area (TPSA) is 64.0 Å². The van der Waals surface area contributed by atoms with Gasteiger partial charge in [0.1, 0.15) is 10.1 Å². The number of aromatic nitrogens is 2. The molecule has 7 heteroatoms. The maximum absolute atomic E-state index is 13.6. The number of carbonyl (C=O) groups excluding carboxylic acids is 1. The molecule has 1 amide bonds. The second kappa shape index (κ2) is 9.99. The van der Waals surface area contributed by atoms with Gasteiger partial charge in [-0.1, -0.05) is 60.3 Å². The van der Waals surface area contributed by atoms with Crippen molar-refractivity contribution in [3.05, 3.63) is 98.7 Å². The summed E-state index contributed by atoms with van der Waals surface area (Å²) in [6.07, 6.45) is 1.68. The fourth-order valence-electron chi connectivity index (χ4n) is 3.76. The molecule has 0 unspecified atom stereocenters. The second-order valence-corrected chi connectivity index (χ2v) is 10.6. The summed E-state index contributed by atoms with van der Waals surface area (Å²) in [5.74, 6) is -0.164. The maximum atomic E-state index is 13.6. The molecule has 0 aliphatic heterocycles. The Morgan fingerprint density at radius 1 is 1.18 bits per heavy atom. The number of nitrogens with one attached hydrogen (secondary N) is 1. The number of hydrogen-bond acceptors (Lipinski definition) is 5. The smallest absolute Gasteiger partial charge is 0.263 e. The Morgan fingerprint density at radius 3 is 2.62 bits per heavy atom. The molecule has 0 aliphatic carbocycles. The molecule has 0 aliphatic rings. The molecule has 0 saturated carbocycles. The third-order valence-corrected chi connectivity index (χ3v) is 8.13. The SMILES string of the molecule is C=CCn1c(S[C@@H](C(=O)Nc2cc(C)ccc2C)c2ccccc2)nc2sc(C)c(C)c2c1=O. The van der Waals surface area contributed by atoms with E-state index in [2.05, 4.69) is 11.9 Å². The van der Waals surface area contributed by atoms with E-state index in [9.17, 15) is 9.59 Å². The molecule has 2 heterocycles. The molecule has 0 fully saturated rings. The average molecular weight is 490 g/mol. The first-order valence-electron chi connectivity index (χ1n) is 11.0. The van der Waals surface area contributed by atoms with E-state index in [1.807, 2.05) is 76.2 Å². The van der Waals surface area contributed by atoms with Crippen molar-refractivity contribution < 1.29 is 4.79 Å². The molecule has 1 N–H and O–H groups in total. The number of thiophene rings is 1. The van der Waals surface area contributed by atoms with Crippen molar-refractivity contribution in [1.29, 1.82) is 0 Å². The first-order chi connectivity index (χ1) is 16.3. The number of thioether (sulfide) groups is 1. The van der Waals surface area contributed by atoms with Crippen LogP contribution in [0.25, 0.3) is 10.2 Å². The Bertz CT molecular complexity index is 1440. The van der Waals surface area contributed by atoms with Crippen LogP contribution in [0, 0.1) is 27.7 Å². The van der Waals surface area contributed by atoms with Crippen LogP contribution in [0.4, 0.5) is 5.69 Å². The highest BCUT2D eigenvalue weighted by Crippen LogP contribution is 2.37. The number of fused-ring (bicyclic) bond motifs is 1. The van der Waals surface area contributed by atoms with E-state index in [0.29, 0.717) is 21.9 Å². The monoisotopic (exact) mass is 489 g/mol. The summed E-state index contributed by atoms with van der Waals surface area (Å²) in [4.78, 5) is 33.6. The molecular formula is C27H27N3O2S2. The number of carbonyl (C=O) groups is 1.